The van der Waals surface area contributed by atoms with E-state index < -0.39 is 11.6 Å². The molecular formula is C12H14BrF2N. The van der Waals surface area contributed by atoms with Gasteiger partial charge in [0.1, 0.15) is 11.6 Å². The lowest BCUT2D eigenvalue weighted by Crippen LogP contribution is -2.22. The fourth-order valence-corrected chi connectivity index (χ4v) is 2.44. The minimum absolute atomic E-state index is 0.298. The van der Waals surface area contributed by atoms with E-state index in [0.717, 1.165) is 18.9 Å². The van der Waals surface area contributed by atoms with Crippen molar-refractivity contribution in [3.05, 3.63) is 28.2 Å². The summed E-state index contributed by atoms with van der Waals surface area (Å²) in [6.07, 6.45) is 5.75. The van der Waals surface area contributed by atoms with Crippen LogP contribution in [0.25, 0.3) is 0 Å². The fourth-order valence-electron chi connectivity index (χ4n) is 2.10. The van der Waals surface area contributed by atoms with E-state index >= 15 is 0 Å². The van der Waals surface area contributed by atoms with Crippen LogP contribution in [0.1, 0.15) is 32.1 Å². The van der Waals surface area contributed by atoms with Crippen molar-refractivity contribution >= 4 is 21.6 Å². The number of anilines is 1. The molecular weight excluding hydrogens is 276 g/mol. The second kappa shape index (κ2) is 5.13. The maximum Gasteiger partial charge on any atom is 0.149 e. The number of benzene rings is 1. The predicted octanol–water partition coefficient (Wildman–Crippen LogP) is 4.47. The van der Waals surface area contributed by atoms with E-state index in [-0.39, 0.29) is 0 Å². The zero-order chi connectivity index (χ0) is 11.5. The van der Waals surface area contributed by atoms with Crippen molar-refractivity contribution < 1.29 is 8.78 Å². The van der Waals surface area contributed by atoms with Crippen LogP contribution in [0.15, 0.2) is 16.6 Å². The van der Waals surface area contributed by atoms with Gasteiger partial charge in [-0.15, -0.1) is 0 Å². The molecule has 0 atom stereocenters. The Kier molecular flexibility index (Phi) is 3.79. The van der Waals surface area contributed by atoms with Crippen LogP contribution in [0.5, 0.6) is 0 Å². The molecule has 1 saturated carbocycles. The van der Waals surface area contributed by atoms with Gasteiger partial charge in [0.2, 0.25) is 0 Å². The van der Waals surface area contributed by atoms with Crippen LogP contribution in [-0.4, -0.2) is 6.04 Å². The first kappa shape index (κ1) is 11.8. The van der Waals surface area contributed by atoms with Crippen molar-refractivity contribution in [2.45, 2.75) is 38.1 Å². The Hall–Kier alpha value is -0.640. The van der Waals surface area contributed by atoms with Gasteiger partial charge in [0.15, 0.2) is 0 Å². The molecule has 1 N–H and O–H groups in total. The molecule has 16 heavy (non-hydrogen) atoms. The van der Waals surface area contributed by atoms with E-state index in [4.69, 9.17) is 0 Å². The van der Waals surface area contributed by atoms with Crippen LogP contribution in [0.4, 0.5) is 14.5 Å². The number of halogens is 3. The van der Waals surface area contributed by atoms with E-state index in [1.165, 1.54) is 25.3 Å². The highest BCUT2D eigenvalue weighted by molar-refractivity contribution is 9.10. The Morgan fingerprint density at radius 3 is 2.44 bits per heavy atom. The summed E-state index contributed by atoms with van der Waals surface area (Å²) in [5.74, 6) is -1.09. The first-order valence-electron chi connectivity index (χ1n) is 5.58. The van der Waals surface area contributed by atoms with E-state index in [9.17, 15) is 8.78 Å². The fraction of sp³-hybridized carbons (Fsp3) is 0.500. The van der Waals surface area contributed by atoms with E-state index in [0.29, 0.717) is 16.2 Å². The molecule has 1 aromatic rings. The first-order chi connectivity index (χ1) is 7.66. The normalized spacial score (nSPS) is 17.4. The third kappa shape index (κ3) is 2.73. The van der Waals surface area contributed by atoms with Crippen LogP contribution < -0.4 is 5.32 Å². The molecule has 0 aromatic heterocycles. The van der Waals surface area contributed by atoms with Gasteiger partial charge in [0.25, 0.3) is 0 Å². The Morgan fingerprint density at radius 1 is 1.06 bits per heavy atom. The maximum atomic E-state index is 13.5. The molecule has 1 aliphatic carbocycles. The third-order valence-corrected chi connectivity index (χ3v) is 3.58. The average Bonchev–Trinajstić information content (AvgIpc) is 2.27. The summed E-state index contributed by atoms with van der Waals surface area (Å²) in [6.45, 7) is 0. The second-order valence-electron chi connectivity index (χ2n) is 4.23. The summed E-state index contributed by atoms with van der Waals surface area (Å²) < 4.78 is 26.8. The van der Waals surface area contributed by atoms with Gasteiger partial charge in [0, 0.05) is 12.1 Å². The second-order valence-corrected chi connectivity index (χ2v) is 5.08. The van der Waals surface area contributed by atoms with Crippen molar-refractivity contribution in [2.24, 2.45) is 0 Å². The lowest BCUT2D eigenvalue weighted by molar-refractivity contribution is 0.460. The molecule has 0 radical (unpaired) electrons. The number of hydrogen-bond donors (Lipinski definition) is 1. The Labute approximate surface area is 102 Å². The highest BCUT2D eigenvalue weighted by Gasteiger charge is 2.15. The molecule has 0 aliphatic heterocycles. The molecule has 0 bridgehead atoms. The largest absolute Gasteiger partial charge is 0.380 e. The molecule has 4 heteroatoms. The summed E-state index contributed by atoms with van der Waals surface area (Å²) in [5, 5.41) is 3.15. The monoisotopic (exact) mass is 289 g/mol. The smallest absolute Gasteiger partial charge is 0.149 e. The lowest BCUT2D eigenvalue weighted by Gasteiger charge is -2.24. The summed E-state index contributed by atoms with van der Waals surface area (Å²) in [4.78, 5) is 0. The molecule has 0 spiro atoms. The topological polar surface area (TPSA) is 12.0 Å². The minimum atomic E-state index is -0.563. The average molecular weight is 290 g/mol. The minimum Gasteiger partial charge on any atom is -0.380 e. The standard InChI is InChI=1S/C12H14BrF2N/c13-9-6-12(11(15)7-10(9)14)16-8-4-2-1-3-5-8/h6-8,16H,1-5H2. The first-order valence-corrected chi connectivity index (χ1v) is 6.37. The zero-order valence-corrected chi connectivity index (χ0v) is 10.5. The van der Waals surface area contributed by atoms with Crippen molar-refractivity contribution in [3.8, 4) is 0 Å². The van der Waals surface area contributed by atoms with Gasteiger partial charge >= 0.3 is 0 Å². The van der Waals surface area contributed by atoms with Gasteiger partial charge in [0.05, 0.1) is 10.2 Å². The molecule has 0 heterocycles. The van der Waals surface area contributed by atoms with Crippen molar-refractivity contribution in [3.63, 3.8) is 0 Å². The van der Waals surface area contributed by atoms with Crippen molar-refractivity contribution in [1.82, 2.24) is 0 Å². The van der Waals surface area contributed by atoms with Crippen molar-refractivity contribution in [2.75, 3.05) is 5.32 Å². The number of nitrogens with one attached hydrogen (secondary N) is 1. The van der Waals surface area contributed by atoms with Crippen LogP contribution in [0.2, 0.25) is 0 Å². The number of hydrogen-bond acceptors (Lipinski definition) is 1. The van der Waals surface area contributed by atoms with Gasteiger partial charge < -0.3 is 5.32 Å². The highest BCUT2D eigenvalue weighted by Crippen LogP contribution is 2.27. The van der Waals surface area contributed by atoms with Crippen LogP contribution >= 0.6 is 15.9 Å². The predicted molar refractivity (Wildman–Crippen MR) is 64.6 cm³/mol. The molecule has 1 fully saturated rings. The summed E-state index contributed by atoms with van der Waals surface area (Å²) in [6, 6.07) is 2.70. The third-order valence-electron chi connectivity index (χ3n) is 2.97. The van der Waals surface area contributed by atoms with Gasteiger partial charge in [-0.25, -0.2) is 8.78 Å². The summed E-state index contributed by atoms with van der Waals surface area (Å²) in [5.41, 5.74) is 0.389. The molecule has 1 aliphatic rings. The van der Waals surface area contributed by atoms with E-state index in [1.807, 2.05) is 0 Å². The van der Waals surface area contributed by atoms with Crippen molar-refractivity contribution in [1.29, 1.82) is 0 Å². The van der Waals surface area contributed by atoms with Gasteiger partial charge in [-0.2, -0.15) is 0 Å². The molecule has 0 amide bonds. The lowest BCUT2D eigenvalue weighted by atomic mass is 9.95. The van der Waals surface area contributed by atoms with E-state index in [2.05, 4.69) is 21.2 Å². The summed E-state index contributed by atoms with van der Waals surface area (Å²) in [7, 11) is 0. The molecule has 2 rings (SSSR count). The van der Waals surface area contributed by atoms with Gasteiger partial charge in [-0.3, -0.25) is 0 Å². The van der Waals surface area contributed by atoms with Crippen LogP contribution in [-0.2, 0) is 0 Å². The quantitative estimate of drug-likeness (QED) is 0.792. The van der Waals surface area contributed by atoms with Crippen LogP contribution in [0.3, 0.4) is 0 Å². The molecule has 88 valence electrons. The van der Waals surface area contributed by atoms with E-state index in [1.54, 1.807) is 0 Å². The highest BCUT2D eigenvalue weighted by atomic mass is 79.9. The molecule has 0 saturated heterocycles. The Bertz CT molecular complexity index is 376. The molecule has 1 aromatic carbocycles. The Balaban J connectivity index is 2.11. The SMILES string of the molecule is Fc1cc(F)c(NC2CCCCC2)cc1Br. The van der Waals surface area contributed by atoms with Gasteiger partial charge in [-0.05, 0) is 34.8 Å². The Morgan fingerprint density at radius 2 is 1.75 bits per heavy atom. The van der Waals surface area contributed by atoms with Crippen LogP contribution in [0, 0.1) is 11.6 Å². The zero-order valence-electron chi connectivity index (χ0n) is 8.90. The van der Waals surface area contributed by atoms with Gasteiger partial charge in [-0.1, -0.05) is 19.3 Å². The molecule has 1 nitrogen and oxygen atoms in total. The maximum absolute atomic E-state index is 13.5. The number of rotatable bonds is 2. The molecule has 0 unspecified atom stereocenters. The summed E-state index contributed by atoms with van der Waals surface area (Å²) >= 11 is 3.06.